The van der Waals surface area contributed by atoms with Crippen LogP contribution in [0.5, 0.6) is 0 Å². The van der Waals surface area contributed by atoms with Gasteiger partial charge in [-0.3, -0.25) is 0 Å². The van der Waals surface area contributed by atoms with E-state index in [0.29, 0.717) is 0 Å². The number of nitrogens with zero attached hydrogens (tertiary/aromatic N) is 1. The third kappa shape index (κ3) is 3.62. The van der Waals surface area contributed by atoms with Crippen LogP contribution in [0.3, 0.4) is 0 Å². The minimum atomic E-state index is 0.116. The zero-order chi connectivity index (χ0) is 28.0. The maximum atomic E-state index is 2.39. The van der Waals surface area contributed by atoms with Gasteiger partial charge in [-0.1, -0.05) is 123 Å². The molecule has 0 bridgehead atoms. The first-order chi connectivity index (χ1) is 19.8. The first-order valence-electron chi connectivity index (χ1n) is 14.6. The summed E-state index contributed by atoms with van der Waals surface area (Å²) in [4.78, 5) is 0. The first-order valence-corrected chi connectivity index (χ1v) is 14.6. The molecule has 1 heteroatoms. The summed E-state index contributed by atoms with van der Waals surface area (Å²) in [6, 6.07) is 41.3. The second-order valence-corrected chi connectivity index (χ2v) is 12.8. The van der Waals surface area contributed by atoms with E-state index in [1.54, 1.807) is 0 Å². The van der Waals surface area contributed by atoms with E-state index in [1.807, 2.05) is 0 Å². The van der Waals surface area contributed by atoms with Crippen LogP contribution < -0.4 is 0 Å². The SMILES string of the molecule is Cc1ccc(-c2ccc3c4ccc(-c5ccc6ccc7cc(C(C)(C)C)cc8ccc5c6c78)cc4n(C)c3c2)cc1. The van der Waals surface area contributed by atoms with Crippen molar-refractivity contribution in [3.8, 4) is 22.3 Å². The van der Waals surface area contributed by atoms with Crippen LogP contribution in [0.25, 0.3) is 76.4 Å². The highest BCUT2D eigenvalue weighted by molar-refractivity contribution is 6.26. The molecule has 8 rings (SSSR count). The molecule has 0 fully saturated rings. The van der Waals surface area contributed by atoms with Gasteiger partial charge < -0.3 is 4.57 Å². The molecule has 0 amide bonds. The van der Waals surface area contributed by atoms with Gasteiger partial charge in [0.05, 0.1) is 0 Å². The Hall–Kier alpha value is -4.62. The Kier molecular flexibility index (Phi) is 4.98. The van der Waals surface area contributed by atoms with Crippen LogP contribution in [0.1, 0.15) is 31.9 Å². The number of hydrogen-bond acceptors (Lipinski definition) is 0. The predicted octanol–water partition coefficient (Wildman–Crippen LogP) is 11.2. The molecule has 0 unspecified atom stereocenters. The summed E-state index contributed by atoms with van der Waals surface area (Å²) in [5.74, 6) is 0. The van der Waals surface area contributed by atoms with Gasteiger partial charge in [0.15, 0.2) is 0 Å². The molecule has 0 aliphatic rings. The molecule has 1 aromatic heterocycles. The fourth-order valence-corrected chi connectivity index (χ4v) is 6.80. The standard InChI is InChI=1S/C40H33N/c1-24-6-8-25(9-7-24)27-13-17-33-34-18-14-28(23-37(34)41(5)36(33)22-27)32-16-12-26-10-11-29-20-31(40(2,3)4)21-30-15-19-35(32)39(26)38(29)30/h6-23H,1-5H3. The van der Waals surface area contributed by atoms with Crippen molar-refractivity contribution in [2.24, 2.45) is 7.05 Å². The maximum absolute atomic E-state index is 2.39. The molecule has 0 saturated heterocycles. The summed E-state index contributed by atoms with van der Waals surface area (Å²) in [5, 5.41) is 10.6. The summed E-state index contributed by atoms with van der Waals surface area (Å²) < 4.78 is 2.36. The molecule has 1 nitrogen and oxygen atoms in total. The van der Waals surface area contributed by atoms with Crippen molar-refractivity contribution in [1.29, 1.82) is 0 Å². The fourth-order valence-electron chi connectivity index (χ4n) is 6.80. The first kappa shape index (κ1) is 24.2. The molecule has 8 aromatic rings. The molecule has 7 aromatic carbocycles. The summed E-state index contributed by atoms with van der Waals surface area (Å²) in [6.07, 6.45) is 0. The average molecular weight is 528 g/mol. The largest absolute Gasteiger partial charge is 0.344 e. The molecule has 0 saturated carbocycles. The van der Waals surface area contributed by atoms with E-state index in [9.17, 15) is 0 Å². The number of benzene rings is 7. The molecular weight excluding hydrogens is 494 g/mol. The number of hydrogen-bond donors (Lipinski definition) is 0. The predicted molar refractivity (Wildman–Crippen MR) is 178 cm³/mol. The number of aromatic nitrogens is 1. The van der Waals surface area contributed by atoms with Crippen LogP contribution in [-0.2, 0) is 12.5 Å². The Labute approximate surface area is 241 Å². The number of rotatable bonds is 2. The molecular formula is C40H33N. The van der Waals surface area contributed by atoms with Crippen molar-refractivity contribution in [3.05, 3.63) is 120 Å². The van der Waals surface area contributed by atoms with Gasteiger partial charge in [0.1, 0.15) is 0 Å². The third-order valence-corrected chi connectivity index (χ3v) is 9.17. The molecule has 0 atom stereocenters. The van der Waals surface area contributed by atoms with E-state index >= 15 is 0 Å². The minimum absolute atomic E-state index is 0.116. The van der Waals surface area contributed by atoms with Crippen LogP contribution in [0.15, 0.2) is 109 Å². The highest BCUT2D eigenvalue weighted by atomic mass is 14.9. The van der Waals surface area contributed by atoms with Crippen molar-refractivity contribution in [2.45, 2.75) is 33.1 Å². The Bertz CT molecular complexity index is 2270. The molecule has 0 aliphatic heterocycles. The second kappa shape index (κ2) is 8.44. The van der Waals surface area contributed by atoms with Crippen LogP contribution in [0.2, 0.25) is 0 Å². The lowest BCUT2D eigenvalue weighted by Gasteiger charge is -2.22. The molecule has 0 N–H and O–H groups in total. The highest BCUT2D eigenvalue weighted by Gasteiger charge is 2.18. The lowest BCUT2D eigenvalue weighted by molar-refractivity contribution is 0.591. The van der Waals surface area contributed by atoms with Gasteiger partial charge in [-0.25, -0.2) is 0 Å². The monoisotopic (exact) mass is 527 g/mol. The van der Waals surface area contributed by atoms with E-state index in [0.717, 1.165) is 0 Å². The van der Waals surface area contributed by atoms with E-state index < -0.39 is 0 Å². The lowest BCUT2D eigenvalue weighted by atomic mass is 9.83. The highest BCUT2D eigenvalue weighted by Crippen LogP contribution is 2.42. The van der Waals surface area contributed by atoms with Crippen molar-refractivity contribution in [2.75, 3.05) is 0 Å². The van der Waals surface area contributed by atoms with Gasteiger partial charge in [0.25, 0.3) is 0 Å². The zero-order valence-electron chi connectivity index (χ0n) is 24.3. The van der Waals surface area contributed by atoms with Crippen molar-refractivity contribution in [3.63, 3.8) is 0 Å². The lowest BCUT2D eigenvalue weighted by Crippen LogP contribution is -2.10. The molecule has 0 spiro atoms. The minimum Gasteiger partial charge on any atom is -0.344 e. The van der Waals surface area contributed by atoms with Crippen molar-refractivity contribution in [1.82, 2.24) is 4.57 Å². The molecule has 1 heterocycles. The van der Waals surface area contributed by atoms with E-state index in [-0.39, 0.29) is 5.41 Å². The van der Waals surface area contributed by atoms with Gasteiger partial charge in [0, 0.05) is 28.9 Å². The quantitative estimate of drug-likeness (QED) is 0.197. The van der Waals surface area contributed by atoms with Gasteiger partial charge in [-0.2, -0.15) is 0 Å². The van der Waals surface area contributed by atoms with Crippen LogP contribution in [-0.4, -0.2) is 4.57 Å². The van der Waals surface area contributed by atoms with Gasteiger partial charge >= 0.3 is 0 Å². The smallest absolute Gasteiger partial charge is 0.0494 e. The Balaban J connectivity index is 1.32. The van der Waals surface area contributed by atoms with Crippen molar-refractivity contribution < 1.29 is 0 Å². The number of aryl methyl sites for hydroxylation is 2. The molecule has 198 valence electrons. The zero-order valence-corrected chi connectivity index (χ0v) is 24.3. The summed E-state index contributed by atoms with van der Waals surface area (Å²) in [7, 11) is 2.20. The van der Waals surface area contributed by atoms with E-state index in [4.69, 9.17) is 0 Å². The van der Waals surface area contributed by atoms with E-state index in [2.05, 4.69) is 149 Å². The third-order valence-electron chi connectivity index (χ3n) is 9.17. The second-order valence-electron chi connectivity index (χ2n) is 12.8. The summed E-state index contributed by atoms with van der Waals surface area (Å²) in [5.41, 5.74) is 10.4. The van der Waals surface area contributed by atoms with Crippen LogP contribution in [0, 0.1) is 6.92 Å². The summed E-state index contributed by atoms with van der Waals surface area (Å²) >= 11 is 0. The summed E-state index contributed by atoms with van der Waals surface area (Å²) in [6.45, 7) is 9.03. The van der Waals surface area contributed by atoms with Gasteiger partial charge in [0.2, 0.25) is 0 Å². The van der Waals surface area contributed by atoms with E-state index in [1.165, 1.54) is 87.5 Å². The van der Waals surface area contributed by atoms with Gasteiger partial charge in [-0.15, -0.1) is 0 Å². The topological polar surface area (TPSA) is 4.93 Å². The normalized spacial score (nSPS) is 12.5. The Morgan fingerprint density at radius 3 is 1.71 bits per heavy atom. The van der Waals surface area contributed by atoms with Crippen LogP contribution >= 0.6 is 0 Å². The van der Waals surface area contributed by atoms with Crippen molar-refractivity contribution >= 4 is 54.1 Å². The maximum Gasteiger partial charge on any atom is 0.0494 e. The van der Waals surface area contributed by atoms with Gasteiger partial charge in [-0.05, 0) is 84.6 Å². The molecule has 0 radical (unpaired) electrons. The Morgan fingerprint density at radius 1 is 0.488 bits per heavy atom. The van der Waals surface area contributed by atoms with Crippen LogP contribution in [0.4, 0.5) is 0 Å². The number of fused-ring (bicyclic) bond motifs is 3. The Morgan fingerprint density at radius 2 is 1.02 bits per heavy atom. The average Bonchev–Trinajstić information content (AvgIpc) is 3.26. The molecule has 41 heavy (non-hydrogen) atoms. The fraction of sp³-hybridized carbons (Fsp3) is 0.150. The molecule has 0 aliphatic carbocycles.